The van der Waals surface area contributed by atoms with Crippen LogP contribution in [0.25, 0.3) is 10.9 Å². The van der Waals surface area contributed by atoms with Gasteiger partial charge in [-0.25, -0.2) is 0 Å². The van der Waals surface area contributed by atoms with E-state index in [1.165, 1.54) is 0 Å². The molecule has 0 spiro atoms. The van der Waals surface area contributed by atoms with E-state index in [-0.39, 0.29) is 0 Å². The summed E-state index contributed by atoms with van der Waals surface area (Å²) in [7, 11) is 0. The second kappa shape index (κ2) is 7.00. The van der Waals surface area contributed by atoms with Crippen molar-refractivity contribution in [2.24, 2.45) is 0 Å². The maximum absolute atomic E-state index is 13.2. The molecule has 3 aromatic rings. The molecule has 0 atom stereocenters. The van der Waals surface area contributed by atoms with Gasteiger partial charge in [0.05, 0.1) is 5.56 Å². The quantitative estimate of drug-likeness (QED) is 0.556. The van der Waals surface area contributed by atoms with Crippen LogP contribution < -0.4 is 10.6 Å². The van der Waals surface area contributed by atoms with Crippen molar-refractivity contribution in [3.05, 3.63) is 64.8 Å². The van der Waals surface area contributed by atoms with Gasteiger partial charge in [-0.15, -0.1) is 0 Å². The van der Waals surface area contributed by atoms with Crippen LogP contribution in [0.15, 0.2) is 42.5 Å². The number of hydrogen-bond donors (Lipinski definition) is 2. The first-order valence-electron chi connectivity index (χ1n) is 9.30. The molecule has 1 aromatic heterocycles. The number of rotatable bonds is 3. The highest BCUT2D eigenvalue weighted by molar-refractivity contribution is 6.48. The SMILES string of the molecule is Cc1cccc(C)c1NC(=O)C(=O)c1c2n(c3ccccc13)CCNCC2. The number of hydrogen-bond acceptors (Lipinski definition) is 3. The van der Waals surface area contributed by atoms with E-state index in [2.05, 4.69) is 15.2 Å². The van der Waals surface area contributed by atoms with Crippen LogP contribution in [0.4, 0.5) is 5.69 Å². The summed E-state index contributed by atoms with van der Waals surface area (Å²) in [5.74, 6) is -1.05. The van der Waals surface area contributed by atoms with Crippen LogP contribution in [0.2, 0.25) is 0 Å². The Hall–Kier alpha value is -2.92. The lowest BCUT2D eigenvalue weighted by Gasteiger charge is -2.11. The first kappa shape index (κ1) is 17.5. The number of anilines is 1. The average molecular weight is 361 g/mol. The monoisotopic (exact) mass is 361 g/mol. The molecule has 0 aliphatic carbocycles. The Morgan fingerprint density at radius 2 is 1.74 bits per heavy atom. The summed E-state index contributed by atoms with van der Waals surface area (Å²) in [6.45, 7) is 6.31. The number of Topliss-reactive ketones (excluding diaryl/α,β-unsaturated/α-hetero) is 1. The number of amides is 1. The molecule has 4 rings (SSSR count). The first-order chi connectivity index (χ1) is 13.1. The fourth-order valence-corrected chi connectivity index (χ4v) is 3.94. The smallest absolute Gasteiger partial charge is 0.296 e. The van der Waals surface area contributed by atoms with Crippen LogP contribution in [0.5, 0.6) is 0 Å². The Morgan fingerprint density at radius 1 is 1.00 bits per heavy atom. The van der Waals surface area contributed by atoms with Crippen molar-refractivity contribution < 1.29 is 9.59 Å². The number of fused-ring (bicyclic) bond motifs is 3. The van der Waals surface area contributed by atoms with E-state index in [4.69, 9.17) is 0 Å². The second-order valence-corrected chi connectivity index (χ2v) is 7.04. The molecule has 138 valence electrons. The molecule has 1 aliphatic rings. The molecule has 0 saturated carbocycles. The molecule has 27 heavy (non-hydrogen) atoms. The van der Waals surface area contributed by atoms with Crippen molar-refractivity contribution in [1.29, 1.82) is 0 Å². The number of ketones is 1. The van der Waals surface area contributed by atoms with Crippen molar-refractivity contribution in [3.63, 3.8) is 0 Å². The van der Waals surface area contributed by atoms with E-state index in [0.29, 0.717) is 11.3 Å². The van der Waals surface area contributed by atoms with Gasteiger partial charge >= 0.3 is 0 Å². The zero-order chi connectivity index (χ0) is 19.0. The normalized spacial score (nSPS) is 13.9. The number of aryl methyl sites for hydroxylation is 2. The Bertz CT molecular complexity index is 1030. The Balaban J connectivity index is 1.77. The zero-order valence-electron chi connectivity index (χ0n) is 15.6. The molecular weight excluding hydrogens is 338 g/mol. The fraction of sp³-hybridized carbons (Fsp3) is 0.273. The number of para-hydroxylation sites is 2. The van der Waals surface area contributed by atoms with E-state index in [0.717, 1.165) is 53.8 Å². The molecule has 2 heterocycles. The number of carbonyl (C=O) groups is 2. The van der Waals surface area contributed by atoms with Crippen molar-refractivity contribution >= 4 is 28.3 Å². The minimum Gasteiger partial charge on any atom is -0.343 e. The Labute approximate surface area is 158 Å². The molecule has 5 nitrogen and oxygen atoms in total. The predicted octanol–water partition coefficient (Wildman–Crippen LogP) is 3.23. The third kappa shape index (κ3) is 3.04. The van der Waals surface area contributed by atoms with Gasteiger partial charge in [0.1, 0.15) is 0 Å². The van der Waals surface area contributed by atoms with E-state index in [9.17, 15) is 9.59 Å². The molecule has 0 unspecified atom stereocenters. The molecule has 0 saturated heterocycles. The van der Waals surface area contributed by atoms with Crippen LogP contribution in [-0.4, -0.2) is 29.3 Å². The fourth-order valence-electron chi connectivity index (χ4n) is 3.94. The number of nitrogens with zero attached hydrogens (tertiary/aromatic N) is 1. The van der Waals surface area contributed by atoms with Crippen molar-refractivity contribution in [1.82, 2.24) is 9.88 Å². The summed E-state index contributed by atoms with van der Waals surface area (Å²) in [5, 5.41) is 7.06. The molecular formula is C22H23N3O2. The van der Waals surface area contributed by atoms with Crippen LogP contribution >= 0.6 is 0 Å². The van der Waals surface area contributed by atoms with Gasteiger partial charge in [0.25, 0.3) is 11.7 Å². The van der Waals surface area contributed by atoms with Gasteiger partial charge in [0, 0.05) is 48.3 Å². The van der Waals surface area contributed by atoms with Gasteiger partial charge in [-0.05, 0) is 31.0 Å². The van der Waals surface area contributed by atoms with Gasteiger partial charge in [-0.1, -0.05) is 36.4 Å². The van der Waals surface area contributed by atoms with Crippen molar-refractivity contribution in [2.75, 3.05) is 18.4 Å². The van der Waals surface area contributed by atoms with E-state index >= 15 is 0 Å². The molecule has 1 amide bonds. The second-order valence-electron chi connectivity index (χ2n) is 7.04. The Kier molecular flexibility index (Phi) is 4.54. The molecule has 0 bridgehead atoms. The largest absolute Gasteiger partial charge is 0.343 e. The number of benzene rings is 2. The predicted molar refractivity (Wildman–Crippen MR) is 107 cm³/mol. The third-order valence-corrected chi connectivity index (χ3v) is 5.28. The van der Waals surface area contributed by atoms with Crippen molar-refractivity contribution in [3.8, 4) is 0 Å². The van der Waals surface area contributed by atoms with E-state index in [1.807, 2.05) is 56.3 Å². The molecule has 5 heteroatoms. The molecule has 0 fully saturated rings. The third-order valence-electron chi connectivity index (χ3n) is 5.28. The van der Waals surface area contributed by atoms with E-state index < -0.39 is 11.7 Å². The summed E-state index contributed by atoms with van der Waals surface area (Å²) in [4.78, 5) is 26.0. The minimum atomic E-state index is -0.580. The lowest BCUT2D eigenvalue weighted by molar-refractivity contribution is -0.112. The first-order valence-corrected chi connectivity index (χ1v) is 9.30. The summed E-state index contributed by atoms with van der Waals surface area (Å²) in [6, 6.07) is 13.6. The van der Waals surface area contributed by atoms with Crippen LogP contribution in [0.3, 0.4) is 0 Å². The minimum absolute atomic E-state index is 0.468. The van der Waals surface area contributed by atoms with Gasteiger partial charge in [-0.3, -0.25) is 9.59 Å². The number of nitrogens with one attached hydrogen (secondary N) is 2. The van der Waals surface area contributed by atoms with Crippen molar-refractivity contribution in [2.45, 2.75) is 26.8 Å². The highest BCUT2D eigenvalue weighted by Crippen LogP contribution is 2.29. The summed E-state index contributed by atoms with van der Waals surface area (Å²) in [6.07, 6.45) is 0.729. The standard InChI is InChI=1S/C22H23N3O2/c1-14-6-5-7-15(2)20(14)24-22(27)21(26)19-16-8-3-4-9-17(16)25-13-12-23-11-10-18(19)25/h3-9,23H,10-13H2,1-2H3,(H,24,27). The average Bonchev–Trinajstić information content (AvgIpc) is 2.80. The Morgan fingerprint density at radius 3 is 2.52 bits per heavy atom. The van der Waals surface area contributed by atoms with Gasteiger partial charge < -0.3 is 15.2 Å². The molecule has 2 aromatic carbocycles. The highest BCUT2D eigenvalue weighted by atomic mass is 16.2. The zero-order valence-corrected chi connectivity index (χ0v) is 15.6. The summed E-state index contributed by atoms with van der Waals surface area (Å²) < 4.78 is 2.18. The van der Waals surface area contributed by atoms with Gasteiger partial charge in [0.2, 0.25) is 0 Å². The lowest BCUT2D eigenvalue weighted by Crippen LogP contribution is -2.25. The van der Waals surface area contributed by atoms with Crippen LogP contribution in [0, 0.1) is 13.8 Å². The summed E-state index contributed by atoms with van der Waals surface area (Å²) >= 11 is 0. The maximum atomic E-state index is 13.2. The van der Waals surface area contributed by atoms with Crippen LogP contribution in [0.1, 0.15) is 27.2 Å². The topological polar surface area (TPSA) is 63.1 Å². The number of carbonyl (C=O) groups excluding carboxylic acids is 2. The number of aromatic nitrogens is 1. The van der Waals surface area contributed by atoms with Crippen LogP contribution in [-0.2, 0) is 17.8 Å². The lowest BCUT2D eigenvalue weighted by atomic mass is 10.0. The summed E-state index contributed by atoms with van der Waals surface area (Å²) in [5.41, 5.74) is 5.11. The molecule has 1 aliphatic heterocycles. The molecule has 0 radical (unpaired) electrons. The highest BCUT2D eigenvalue weighted by Gasteiger charge is 2.27. The maximum Gasteiger partial charge on any atom is 0.296 e. The van der Waals surface area contributed by atoms with Gasteiger partial charge in [0.15, 0.2) is 0 Å². The molecule has 2 N–H and O–H groups in total. The van der Waals surface area contributed by atoms with Gasteiger partial charge in [-0.2, -0.15) is 0 Å². The van der Waals surface area contributed by atoms with E-state index in [1.54, 1.807) is 0 Å².